The van der Waals surface area contributed by atoms with E-state index >= 15 is 0 Å². The molecule has 0 aromatic carbocycles. The molecule has 5 heterocycles. The van der Waals surface area contributed by atoms with Crippen LogP contribution in [0.2, 0.25) is 5.15 Å². The van der Waals surface area contributed by atoms with E-state index in [0.717, 1.165) is 54.1 Å². The number of fused-ring (bicyclic) bond motifs is 6. The van der Waals surface area contributed by atoms with Crippen LogP contribution in [0.1, 0.15) is 48.0 Å². The van der Waals surface area contributed by atoms with Crippen molar-refractivity contribution in [2.45, 2.75) is 57.1 Å². The van der Waals surface area contributed by atoms with Gasteiger partial charge in [0, 0.05) is 37.0 Å². The van der Waals surface area contributed by atoms with Crippen molar-refractivity contribution in [1.82, 2.24) is 15.2 Å². The fourth-order valence-electron chi connectivity index (χ4n) is 5.03. The van der Waals surface area contributed by atoms with Crippen LogP contribution < -0.4 is 5.32 Å². The number of aryl methyl sites for hydroxylation is 1. The molecule has 1 spiro atoms. The molecule has 1 N–H and O–H groups in total. The third-order valence-corrected chi connectivity index (χ3v) is 6.62. The standard InChI is InChI=1S/C22H24ClN3O4/c1-21(2,3)30-20-19(29-20)26-9-22(10-26)8-25-18(27)15-12-5-4-11-7-24-14(23)6-13(11)16(12)28-17(15)22/h6-7,19-20H,4-5,8-10H2,1-3H3,(H,25,27). The summed E-state index contributed by atoms with van der Waals surface area (Å²) in [4.78, 5) is 19.3. The lowest BCUT2D eigenvalue weighted by Crippen LogP contribution is -2.67. The van der Waals surface area contributed by atoms with Crippen molar-refractivity contribution in [2.24, 2.45) is 0 Å². The largest absolute Gasteiger partial charge is 0.459 e. The van der Waals surface area contributed by atoms with Crippen molar-refractivity contribution in [3.63, 3.8) is 0 Å². The number of halogens is 1. The van der Waals surface area contributed by atoms with E-state index in [9.17, 15) is 4.79 Å². The van der Waals surface area contributed by atoms with Crippen molar-refractivity contribution in [3.8, 4) is 11.3 Å². The zero-order valence-corrected chi connectivity index (χ0v) is 18.0. The van der Waals surface area contributed by atoms with E-state index in [1.54, 1.807) is 0 Å². The van der Waals surface area contributed by atoms with Gasteiger partial charge >= 0.3 is 0 Å². The van der Waals surface area contributed by atoms with Crippen LogP contribution in [0.25, 0.3) is 11.3 Å². The fourth-order valence-corrected chi connectivity index (χ4v) is 5.19. The number of likely N-dealkylation sites (tertiary alicyclic amines) is 1. The zero-order chi connectivity index (χ0) is 20.8. The highest BCUT2D eigenvalue weighted by Crippen LogP contribution is 2.49. The van der Waals surface area contributed by atoms with Crippen molar-refractivity contribution >= 4 is 17.5 Å². The molecule has 1 amide bonds. The van der Waals surface area contributed by atoms with E-state index < -0.39 is 0 Å². The summed E-state index contributed by atoms with van der Waals surface area (Å²) in [7, 11) is 0. The number of ether oxygens (including phenoxy) is 2. The van der Waals surface area contributed by atoms with Gasteiger partial charge in [-0.2, -0.15) is 0 Å². The number of nitrogens with zero attached hydrogens (tertiary/aromatic N) is 2. The molecule has 2 atom stereocenters. The number of furan rings is 1. The average molecular weight is 430 g/mol. The number of carbonyl (C=O) groups is 1. The number of hydrogen-bond acceptors (Lipinski definition) is 6. The SMILES string of the molecule is CC(C)(C)OC1OC1N1CC2(CNC(=O)c3c2oc2c3CCc3cnc(Cl)cc3-2)C1. The second kappa shape index (κ2) is 6.07. The van der Waals surface area contributed by atoms with E-state index in [-0.39, 0.29) is 29.4 Å². The minimum Gasteiger partial charge on any atom is -0.459 e. The van der Waals surface area contributed by atoms with Crippen LogP contribution in [0.5, 0.6) is 0 Å². The monoisotopic (exact) mass is 429 g/mol. The smallest absolute Gasteiger partial charge is 0.255 e. The van der Waals surface area contributed by atoms with E-state index in [0.29, 0.717) is 17.3 Å². The van der Waals surface area contributed by atoms with Crippen LogP contribution in [-0.2, 0) is 27.7 Å². The molecule has 2 fully saturated rings. The maximum atomic E-state index is 12.8. The second-order valence-electron chi connectivity index (χ2n) is 9.77. The Morgan fingerprint density at radius 1 is 1.33 bits per heavy atom. The molecule has 3 aliphatic heterocycles. The summed E-state index contributed by atoms with van der Waals surface area (Å²) < 4.78 is 18.1. The Balaban J connectivity index is 1.31. The number of epoxide rings is 1. The molecule has 1 aliphatic carbocycles. The summed E-state index contributed by atoms with van der Waals surface area (Å²) in [5.74, 6) is 1.54. The summed E-state index contributed by atoms with van der Waals surface area (Å²) in [6.45, 7) is 8.19. The Labute approximate surface area is 179 Å². The van der Waals surface area contributed by atoms with Crippen LogP contribution in [-0.4, -0.2) is 53.5 Å². The minimum absolute atomic E-state index is 0.0221. The average Bonchev–Trinajstić information content (AvgIpc) is 3.24. The lowest BCUT2D eigenvalue weighted by atomic mass is 9.73. The second-order valence-corrected chi connectivity index (χ2v) is 10.2. The number of amides is 1. The highest BCUT2D eigenvalue weighted by Gasteiger charge is 2.59. The van der Waals surface area contributed by atoms with Gasteiger partial charge in [0.15, 0.2) is 12.5 Å². The highest BCUT2D eigenvalue weighted by molar-refractivity contribution is 6.29. The van der Waals surface area contributed by atoms with Crippen LogP contribution in [0.3, 0.4) is 0 Å². The molecular formula is C22H24ClN3O4. The van der Waals surface area contributed by atoms with Gasteiger partial charge < -0.3 is 19.2 Å². The predicted octanol–water partition coefficient (Wildman–Crippen LogP) is 2.89. The zero-order valence-electron chi connectivity index (χ0n) is 17.3. The van der Waals surface area contributed by atoms with E-state index in [1.165, 1.54) is 0 Å². The third-order valence-electron chi connectivity index (χ3n) is 6.42. The van der Waals surface area contributed by atoms with Gasteiger partial charge in [0.1, 0.15) is 16.7 Å². The first-order chi connectivity index (χ1) is 14.2. The third kappa shape index (κ3) is 2.76. The Hall–Kier alpha value is -1.93. The number of pyridine rings is 1. The van der Waals surface area contributed by atoms with E-state index in [1.807, 2.05) is 33.0 Å². The number of carbonyl (C=O) groups excluding carboxylic acids is 1. The van der Waals surface area contributed by atoms with Crippen molar-refractivity contribution in [2.75, 3.05) is 19.6 Å². The fraction of sp³-hybridized carbons (Fsp3) is 0.545. The summed E-state index contributed by atoms with van der Waals surface area (Å²) in [6, 6.07) is 1.84. The Kier molecular flexibility index (Phi) is 3.80. The van der Waals surface area contributed by atoms with Crippen LogP contribution in [0, 0.1) is 0 Å². The Morgan fingerprint density at radius 2 is 2.13 bits per heavy atom. The van der Waals surface area contributed by atoms with Crippen molar-refractivity contribution < 1.29 is 18.7 Å². The maximum absolute atomic E-state index is 12.8. The van der Waals surface area contributed by atoms with Gasteiger partial charge in [-0.1, -0.05) is 11.6 Å². The van der Waals surface area contributed by atoms with Crippen molar-refractivity contribution in [3.05, 3.63) is 39.9 Å². The Morgan fingerprint density at radius 3 is 2.90 bits per heavy atom. The molecule has 0 radical (unpaired) electrons. The first kappa shape index (κ1) is 18.8. The number of nitrogens with one attached hydrogen (secondary N) is 1. The molecule has 2 aromatic heterocycles. The van der Waals surface area contributed by atoms with Gasteiger partial charge in [-0.3, -0.25) is 9.69 Å². The van der Waals surface area contributed by atoms with Crippen molar-refractivity contribution in [1.29, 1.82) is 0 Å². The molecule has 2 unspecified atom stereocenters. The van der Waals surface area contributed by atoms with E-state index in [4.69, 9.17) is 25.5 Å². The number of rotatable bonds is 2. The first-order valence-electron chi connectivity index (χ1n) is 10.4. The molecule has 4 aliphatic rings. The number of aromatic nitrogens is 1. The molecule has 0 bridgehead atoms. The van der Waals surface area contributed by atoms with Gasteiger partial charge in [0.05, 0.1) is 16.6 Å². The minimum atomic E-state index is -0.239. The van der Waals surface area contributed by atoms with Gasteiger partial charge in [-0.25, -0.2) is 4.98 Å². The molecule has 30 heavy (non-hydrogen) atoms. The molecule has 7 nitrogen and oxygen atoms in total. The molecule has 2 saturated heterocycles. The summed E-state index contributed by atoms with van der Waals surface area (Å²) in [5.41, 5.74) is 3.30. The highest BCUT2D eigenvalue weighted by atomic mass is 35.5. The van der Waals surface area contributed by atoms with E-state index in [2.05, 4.69) is 15.2 Å². The molecule has 2 aromatic rings. The molecule has 158 valence electrons. The van der Waals surface area contributed by atoms with Gasteiger partial charge in [0.2, 0.25) is 0 Å². The normalized spacial score (nSPS) is 26.5. The molecule has 6 rings (SSSR count). The summed E-state index contributed by atoms with van der Waals surface area (Å²) >= 11 is 6.15. The van der Waals surface area contributed by atoms with Gasteiger partial charge in [-0.05, 0) is 45.2 Å². The summed E-state index contributed by atoms with van der Waals surface area (Å²) in [5, 5.41) is 3.53. The van der Waals surface area contributed by atoms with Crippen LogP contribution in [0.4, 0.5) is 0 Å². The van der Waals surface area contributed by atoms with Crippen LogP contribution >= 0.6 is 11.6 Å². The quantitative estimate of drug-likeness (QED) is 0.584. The molecule has 0 saturated carbocycles. The van der Waals surface area contributed by atoms with Crippen LogP contribution in [0.15, 0.2) is 16.7 Å². The Bertz CT molecular complexity index is 1070. The number of hydrogen-bond donors (Lipinski definition) is 1. The summed E-state index contributed by atoms with van der Waals surface area (Å²) in [6.07, 6.45) is 3.19. The van der Waals surface area contributed by atoms with Gasteiger partial charge in [0.25, 0.3) is 5.91 Å². The lowest BCUT2D eigenvalue weighted by molar-refractivity contribution is -0.0595. The lowest BCUT2D eigenvalue weighted by Gasteiger charge is -2.50. The molecular weight excluding hydrogens is 406 g/mol. The molecule has 8 heteroatoms. The topological polar surface area (TPSA) is 80.1 Å². The first-order valence-corrected chi connectivity index (χ1v) is 10.8. The van der Waals surface area contributed by atoms with Gasteiger partial charge in [-0.15, -0.1) is 0 Å². The maximum Gasteiger partial charge on any atom is 0.255 e. The predicted molar refractivity (Wildman–Crippen MR) is 109 cm³/mol.